The summed E-state index contributed by atoms with van der Waals surface area (Å²) in [5.41, 5.74) is 0.0528. The van der Waals surface area contributed by atoms with Gasteiger partial charge in [-0.2, -0.15) is 8.78 Å². The van der Waals surface area contributed by atoms with Gasteiger partial charge in [0.25, 0.3) is 0 Å². The highest BCUT2D eigenvalue weighted by atomic mass is 19.3. The molecule has 0 aliphatic rings. The standard InChI is InChI=1S/C8H4F3NO/c1-12-5-2-3-6(9)7(4-5)13-8(10)11/h2-4,8H. The Morgan fingerprint density at radius 1 is 1.38 bits per heavy atom. The Bertz CT molecular complexity index is 346. The van der Waals surface area contributed by atoms with E-state index in [4.69, 9.17) is 6.57 Å². The number of hydrogen-bond donors (Lipinski definition) is 0. The Kier molecular flexibility index (Phi) is 2.75. The van der Waals surface area contributed by atoms with Gasteiger partial charge in [-0.3, -0.25) is 0 Å². The third-order valence-corrected chi connectivity index (χ3v) is 1.26. The zero-order chi connectivity index (χ0) is 9.84. The van der Waals surface area contributed by atoms with Crippen molar-refractivity contribution in [3.63, 3.8) is 0 Å². The number of ether oxygens (including phenoxy) is 1. The van der Waals surface area contributed by atoms with E-state index in [1.807, 2.05) is 0 Å². The van der Waals surface area contributed by atoms with Crippen molar-refractivity contribution in [2.75, 3.05) is 0 Å². The van der Waals surface area contributed by atoms with Crippen LogP contribution < -0.4 is 4.74 Å². The van der Waals surface area contributed by atoms with Crippen LogP contribution in [0.4, 0.5) is 18.9 Å². The lowest BCUT2D eigenvalue weighted by molar-refractivity contribution is -0.0521. The number of nitrogens with zero attached hydrogens (tertiary/aromatic N) is 1. The molecule has 68 valence electrons. The van der Waals surface area contributed by atoms with Gasteiger partial charge in [0.1, 0.15) is 0 Å². The summed E-state index contributed by atoms with van der Waals surface area (Å²) in [6.45, 7) is 3.47. The van der Waals surface area contributed by atoms with Crippen LogP contribution in [0.25, 0.3) is 4.85 Å². The molecule has 0 N–H and O–H groups in total. The first kappa shape index (κ1) is 9.39. The van der Waals surface area contributed by atoms with Crippen LogP contribution in [0.15, 0.2) is 18.2 Å². The van der Waals surface area contributed by atoms with E-state index in [0.29, 0.717) is 0 Å². The molecule has 0 aliphatic carbocycles. The maximum atomic E-state index is 12.7. The van der Waals surface area contributed by atoms with Crippen LogP contribution in [0, 0.1) is 12.4 Å². The summed E-state index contributed by atoms with van der Waals surface area (Å²) in [4.78, 5) is 2.94. The van der Waals surface area contributed by atoms with Gasteiger partial charge in [0.2, 0.25) is 0 Å². The van der Waals surface area contributed by atoms with Gasteiger partial charge in [0, 0.05) is 0 Å². The van der Waals surface area contributed by atoms with E-state index in [9.17, 15) is 13.2 Å². The van der Waals surface area contributed by atoms with Crippen molar-refractivity contribution in [2.24, 2.45) is 0 Å². The Balaban J connectivity index is 2.99. The molecule has 13 heavy (non-hydrogen) atoms. The van der Waals surface area contributed by atoms with Crippen LogP contribution in [-0.2, 0) is 0 Å². The van der Waals surface area contributed by atoms with Crippen molar-refractivity contribution in [2.45, 2.75) is 6.61 Å². The molecule has 5 heteroatoms. The zero-order valence-corrected chi connectivity index (χ0v) is 6.30. The fourth-order valence-corrected chi connectivity index (χ4v) is 0.748. The summed E-state index contributed by atoms with van der Waals surface area (Å²) in [6.07, 6.45) is 0. The van der Waals surface area contributed by atoms with Crippen LogP contribution in [0.3, 0.4) is 0 Å². The van der Waals surface area contributed by atoms with E-state index < -0.39 is 18.2 Å². The zero-order valence-electron chi connectivity index (χ0n) is 6.30. The highest BCUT2D eigenvalue weighted by Crippen LogP contribution is 2.24. The number of benzene rings is 1. The summed E-state index contributed by atoms with van der Waals surface area (Å²) >= 11 is 0. The number of rotatable bonds is 2. The fraction of sp³-hybridized carbons (Fsp3) is 0.125. The van der Waals surface area contributed by atoms with E-state index in [1.54, 1.807) is 0 Å². The normalized spacial score (nSPS) is 9.77. The third kappa shape index (κ3) is 2.37. The minimum atomic E-state index is -3.09. The maximum absolute atomic E-state index is 12.7. The lowest BCUT2D eigenvalue weighted by Gasteiger charge is -2.05. The lowest BCUT2D eigenvalue weighted by Crippen LogP contribution is -2.03. The van der Waals surface area contributed by atoms with Crippen LogP contribution >= 0.6 is 0 Å². The second-order valence-electron chi connectivity index (χ2n) is 2.11. The average molecular weight is 187 g/mol. The molecule has 0 saturated carbocycles. The second kappa shape index (κ2) is 3.81. The Morgan fingerprint density at radius 2 is 2.08 bits per heavy atom. The minimum absolute atomic E-state index is 0.0528. The first-order valence-corrected chi connectivity index (χ1v) is 3.25. The molecule has 0 spiro atoms. The van der Waals surface area contributed by atoms with Gasteiger partial charge in [-0.1, -0.05) is 6.07 Å². The fourth-order valence-electron chi connectivity index (χ4n) is 0.748. The highest BCUT2D eigenvalue weighted by Gasteiger charge is 2.09. The molecule has 1 rings (SSSR count). The number of hydrogen-bond acceptors (Lipinski definition) is 1. The van der Waals surface area contributed by atoms with Crippen molar-refractivity contribution in [1.82, 2.24) is 0 Å². The Morgan fingerprint density at radius 3 is 2.62 bits per heavy atom. The molecule has 0 atom stereocenters. The van der Waals surface area contributed by atoms with E-state index >= 15 is 0 Å². The molecule has 2 nitrogen and oxygen atoms in total. The Hall–Kier alpha value is -1.70. The Labute approximate surface area is 72.4 Å². The maximum Gasteiger partial charge on any atom is 0.387 e. The summed E-state index contributed by atoms with van der Waals surface area (Å²) in [7, 11) is 0. The molecule has 0 unspecified atom stereocenters. The molecule has 0 aromatic heterocycles. The van der Waals surface area contributed by atoms with Gasteiger partial charge < -0.3 is 4.74 Å². The molecule has 1 aromatic rings. The molecular weight excluding hydrogens is 183 g/mol. The summed E-state index contributed by atoms with van der Waals surface area (Å²) in [6, 6.07) is 3.01. The predicted molar refractivity (Wildman–Crippen MR) is 39.3 cm³/mol. The highest BCUT2D eigenvalue weighted by molar-refractivity contribution is 5.49. The van der Waals surface area contributed by atoms with Crippen LogP contribution in [-0.4, -0.2) is 6.61 Å². The topological polar surface area (TPSA) is 13.6 Å². The quantitative estimate of drug-likeness (QED) is 0.649. The van der Waals surface area contributed by atoms with Gasteiger partial charge >= 0.3 is 6.61 Å². The van der Waals surface area contributed by atoms with Crippen LogP contribution in [0.1, 0.15) is 0 Å². The predicted octanol–water partition coefficient (Wildman–Crippen LogP) is 2.98. The van der Waals surface area contributed by atoms with E-state index in [-0.39, 0.29) is 5.69 Å². The van der Waals surface area contributed by atoms with Gasteiger partial charge in [0.15, 0.2) is 17.3 Å². The largest absolute Gasteiger partial charge is 0.433 e. The smallest absolute Gasteiger partial charge is 0.387 e. The van der Waals surface area contributed by atoms with Gasteiger partial charge in [-0.25, -0.2) is 9.24 Å². The monoisotopic (exact) mass is 187 g/mol. The van der Waals surface area contributed by atoms with Crippen LogP contribution in [0.5, 0.6) is 5.75 Å². The minimum Gasteiger partial charge on any atom is -0.433 e. The van der Waals surface area contributed by atoms with Crippen molar-refractivity contribution < 1.29 is 17.9 Å². The molecule has 0 aliphatic heterocycles. The molecule has 0 bridgehead atoms. The van der Waals surface area contributed by atoms with E-state index in [1.165, 1.54) is 6.07 Å². The summed E-state index contributed by atoms with van der Waals surface area (Å²) in [5, 5.41) is 0. The molecule has 0 fully saturated rings. The third-order valence-electron chi connectivity index (χ3n) is 1.26. The molecule has 0 heterocycles. The molecule has 0 radical (unpaired) electrons. The first-order chi connectivity index (χ1) is 6.13. The number of alkyl halides is 2. The van der Waals surface area contributed by atoms with Crippen molar-refractivity contribution in [3.05, 3.63) is 35.4 Å². The molecule has 0 saturated heterocycles. The van der Waals surface area contributed by atoms with Crippen molar-refractivity contribution >= 4 is 5.69 Å². The van der Waals surface area contributed by atoms with Crippen molar-refractivity contribution in [1.29, 1.82) is 0 Å². The average Bonchev–Trinajstić information content (AvgIpc) is 2.08. The van der Waals surface area contributed by atoms with Gasteiger partial charge in [-0.05, 0) is 12.1 Å². The lowest BCUT2D eigenvalue weighted by atomic mass is 10.3. The van der Waals surface area contributed by atoms with Crippen molar-refractivity contribution in [3.8, 4) is 5.75 Å². The second-order valence-corrected chi connectivity index (χ2v) is 2.11. The number of halogens is 3. The summed E-state index contributed by atoms with van der Waals surface area (Å²) < 4.78 is 39.9. The molecule has 0 amide bonds. The van der Waals surface area contributed by atoms with Gasteiger partial charge in [0.05, 0.1) is 6.57 Å². The molecular formula is C8H4F3NO. The van der Waals surface area contributed by atoms with Gasteiger partial charge in [-0.15, -0.1) is 0 Å². The SMILES string of the molecule is [C-]#[N+]c1ccc(F)c(OC(F)F)c1. The summed E-state index contributed by atoms with van der Waals surface area (Å²) in [5.74, 6) is -1.52. The molecule has 1 aromatic carbocycles. The first-order valence-electron chi connectivity index (χ1n) is 3.25. The van der Waals surface area contributed by atoms with E-state index in [0.717, 1.165) is 12.1 Å². The van der Waals surface area contributed by atoms with Crippen LogP contribution in [0.2, 0.25) is 0 Å². The van der Waals surface area contributed by atoms with E-state index in [2.05, 4.69) is 9.58 Å².